The summed E-state index contributed by atoms with van der Waals surface area (Å²) in [7, 11) is 0. The van der Waals surface area contributed by atoms with E-state index in [-0.39, 0.29) is 11.9 Å². The van der Waals surface area contributed by atoms with Gasteiger partial charge in [0.2, 0.25) is 0 Å². The van der Waals surface area contributed by atoms with Gasteiger partial charge in [-0.1, -0.05) is 12.1 Å². The van der Waals surface area contributed by atoms with E-state index >= 15 is 0 Å². The SMILES string of the molecule is CC(CNC(=O)OC(C)(C)C)NCc1cccc(F)c1. The summed E-state index contributed by atoms with van der Waals surface area (Å²) < 4.78 is 18.1. The number of rotatable bonds is 5. The van der Waals surface area contributed by atoms with Crippen molar-refractivity contribution in [1.29, 1.82) is 0 Å². The first-order valence-corrected chi connectivity index (χ1v) is 6.71. The van der Waals surface area contributed by atoms with Crippen molar-refractivity contribution in [3.05, 3.63) is 35.6 Å². The quantitative estimate of drug-likeness (QED) is 0.873. The number of carbonyl (C=O) groups excluding carboxylic acids is 1. The van der Waals surface area contributed by atoms with Gasteiger partial charge in [0.05, 0.1) is 0 Å². The van der Waals surface area contributed by atoms with E-state index in [0.717, 1.165) is 5.56 Å². The van der Waals surface area contributed by atoms with Gasteiger partial charge in [0, 0.05) is 19.1 Å². The van der Waals surface area contributed by atoms with Crippen molar-refractivity contribution in [2.45, 2.75) is 45.9 Å². The fraction of sp³-hybridized carbons (Fsp3) is 0.533. The van der Waals surface area contributed by atoms with Crippen LogP contribution in [0.25, 0.3) is 0 Å². The molecular formula is C15H23FN2O2. The summed E-state index contributed by atoms with van der Waals surface area (Å²) in [5.74, 6) is -0.246. The molecule has 1 atom stereocenters. The van der Waals surface area contributed by atoms with Crippen molar-refractivity contribution >= 4 is 6.09 Å². The molecule has 4 nitrogen and oxygen atoms in total. The molecule has 0 saturated heterocycles. The van der Waals surface area contributed by atoms with Crippen LogP contribution in [0.4, 0.5) is 9.18 Å². The summed E-state index contributed by atoms with van der Waals surface area (Å²) in [6.45, 7) is 8.39. The van der Waals surface area contributed by atoms with Crippen LogP contribution in [0.5, 0.6) is 0 Å². The molecule has 0 heterocycles. The first kappa shape index (κ1) is 16.4. The molecule has 0 aliphatic heterocycles. The largest absolute Gasteiger partial charge is 0.444 e. The molecule has 1 aromatic rings. The molecule has 1 amide bonds. The predicted molar refractivity (Wildman–Crippen MR) is 76.9 cm³/mol. The first-order chi connectivity index (χ1) is 9.26. The number of carbonyl (C=O) groups is 1. The van der Waals surface area contributed by atoms with Crippen LogP contribution in [0, 0.1) is 5.82 Å². The van der Waals surface area contributed by atoms with E-state index < -0.39 is 11.7 Å². The van der Waals surface area contributed by atoms with Crippen molar-refractivity contribution in [2.75, 3.05) is 6.54 Å². The Bertz CT molecular complexity index is 444. The third kappa shape index (κ3) is 7.09. The van der Waals surface area contributed by atoms with Gasteiger partial charge in [-0.15, -0.1) is 0 Å². The van der Waals surface area contributed by atoms with Crippen LogP contribution in [0.15, 0.2) is 24.3 Å². The summed E-state index contributed by atoms with van der Waals surface area (Å²) >= 11 is 0. The number of halogens is 1. The maximum atomic E-state index is 13.0. The number of nitrogens with one attached hydrogen (secondary N) is 2. The third-order valence-electron chi connectivity index (χ3n) is 2.50. The molecular weight excluding hydrogens is 259 g/mol. The normalized spacial score (nSPS) is 12.8. The molecule has 1 aromatic carbocycles. The second-order valence-corrected chi connectivity index (χ2v) is 5.79. The standard InChI is InChI=1S/C15H23FN2O2/c1-11(9-18-14(19)20-15(2,3)4)17-10-12-6-5-7-13(16)8-12/h5-8,11,17H,9-10H2,1-4H3,(H,18,19). The lowest BCUT2D eigenvalue weighted by Gasteiger charge is -2.21. The number of benzene rings is 1. The highest BCUT2D eigenvalue weighted by Gasteiger charge is 2.16. The van der Waals surface area contributed by atoms with Crippen LogP contribution in [0.1, 0.15) is 33.3 Å². The third-order valence-corrected chi connectivity index (χ3v) is 2.50. The van der Waals surface area contributed by atoms with Gasteiger partial charge >= 0.3 is 6.09 Å². The first-order valence-electron chi connectivity index (χ1n) is 6.71. The van der Waals surface area contributed by atoms with Gasteiger partial charge in [0.15, 0.2) is 0 Å². The summed E-state index contributed by atoms with van der Waals surface area (Å²) in [6, 6.07) is 6.49. The Hall–Kier alpha value is -1.62. The Morgan fingerprint density at radius 1 is 1.40 bits per heavy atom. The highest BCUT2D eigenvalue weighted by molar-refractivity contribution is 5.67. The van der Waals surface area contributed by atoms with Crippen molar-refractivity contribution < 1.29 is 13.9 Å². The number of amides is 1. The number of ether oxygens (including phenoxy) is 1. The van der Waals surface area contributed by atoms with Gasteiger partial charge in [-0.25, -0.2) is 9.18 Å². The molecule has 0 aliphatic rings. The Morgan fingerprint density at radius 2 is 2.10 bits per heavy atom. The number of hydrogen-bond acceptors (Lipinski definition) is 3. The molecule has 0 radical (unpaired) electrons. The van der Waals surface area contributed by atoms with E-state index in [1.165, 1.54) is 12.1 Å². The summed E-state index contributed by atoms with van der Waals surface area (Å²) in [6.07, 6.45) is -0.433. The van der Waals surface area contributed by atoms with Gasteiger partial charge in [0.1, 0.15) is 11.4 Å². The molecule has 112 valence electrons. The lowest BCUT2D eigenvalue weighted by Crippen LogP contribution is -2.41. The van der Waals surface area contributed by atoms with Crippen molar-refractivity contribution in [1.82, 2.24) is 10.6 Å². The van der Waals surface area contributed by atoms with Crippen molar-refractivity contribution in [2.24, 2.45) is 0 Å². The fourth-order valence-electron chi connectivity index (χ4n) is 1.56. The Labute approximate surface area is 119 Å². The monoisotopic (exact) mass is 282 g/mol. The van der Waals surface area contributed by atoms with E-state index in [1.54, 1.807) is 6.07 Å². The summed E-state index contributed by atoms with van der Waals surface area (Å²) in [5.41, 5.74) is 0.372. The average molecular weight is 282 g/mol. The number of alkyl carbamates (subject to hydrolysis) is 1. The topological polar surface area (TPSA) is 50.4 Å². The van der Waals surface area contributed by atoms with E-state index in [2.05, 4.69) is 10.6 Å². The van der Waals surface area contributed by atoms with Crippen LogP contribution in [-0.2, 0) is 11.3 Å². The second-order valence-electron chi connectivity index (χ2n) is 5.79. The molecule has 1 unspecified atom stereocenters. The molecule has 0 saturated carbocycles. The Kier molecular flexibility index (Phi) is 5.95. The average Bonchev–Trinajstić information content (AvgIpc) is 2.32. The van der Waals surface area contributed by atoms with Crippen LogP contribution in [-0.4, -0.2) is 24.3 Å². The van der Waals surface area contributed by atoms with Crippen LogP contribution < -0.4 is 10.6 Å². The summed E-state index contributed by atoms with van der Waals surface area (Å²) in [5, 5.41) is 5.90. The molecule has 0 aliphatic carbocycles. The molecule has 1 rings (SSSR count). The van der Waals surface area contributed by atoms with E-state index in [1.807, 2.05) is 33.8 Å². The molecule has 0 bridgehead atoms. The molecule has 20 heavy (non-hydrogen) atoms. The zero-order valence-corrected chi connectivity index (χ0v) is 12.5. The lowest BCUT2D eigenvalue weighted by atomic mass is 10.2. The molecule has 2 N–H and O–H groups in total. The minimum atomic E-state index is -0.498. The minimum Gasteiger partial charge on any atom is -0.444 e. The fourth-order valence-corrected chi connectivity index (χ4v) is 1.56. The summed E-state index contributed by atoms with van der Waals surface area (Å²) in [4.78, 5) is 11.5. The Morgan fingerprint density at radius 3 is 2.70 bits per heavy atom. The maximum absolute atomic E-state index is 13.0. The minimum absolute atomic E-state index is 0.0609. The highest BCUT2D eigenvalue weighted by Crippen LogP contribution is 2.06. The van der Waals surface area contributed by atoms with Crippen molar-refractivity contribution in [3.8, 4) is 0 Å². The van der Waals surface area contributed by atoms with Gasteiger partial charge in [0.25, 0.3) is 0 Å². The van der Waals surface area contributed by atoms with Gasteiger partial charge < -0.3 is 15.4 Å². The molecule has 0 fully saturated rings. The van der Waals surface area contributed by atoms with Crippen LogP contribution >= 0.6 is 0 Å². The Balaban J connectivity index is 2.27. The molecule has 0 spiro atoms. The lowest BCUT2D eigenvalue weighted by molar-refractivity contribution is 0.0523. The second kappa shape index (κ2) is 7.24. The number of hydrogen-bond donors (Lipinski definition) is 2. The van der Waals surface area contributed by atoms with E-state index in [9.17, 15) is 9.18 Å². The zero-order chi connectivity index (χ0) is 15.2. The predicted octanol–water partition coefficient (Wildman–Crippen LogP) is 2.83. The maximum Gasteiger partial charge on any atom is 0.407 e. The zero-order valence-electron chi connectivity index (χ0n) is 12.5. The molecule has 5 heteroatoms. The smallest absolute Gasteiger partial charge is 0.407 e. The van der Waals surface area contributed by atoms with Crippen molar-refractivity contribution in [3.63, 3.8) is 0 Å². The van der Waals surface area contributed by atoms with Gasteiger partial charge in [-0.05, 0) is 45.4 Å². The van der Waals surface area contributed by atoms with E-state index in [0.29, 0.717) is 13.1 Å². The van der Waals surface area contributed by atoms with Gasteiger partial charge in [-0.3, -0.25) is 0 Å². The highest BCUT2D eigenvalue weighted by atomic mass is 19.1. The van der Waals surface area contributed by atoms with Gasteiger partial charge in [-0.2, -0.15) is 0 Å². The van der Waals surface area contributed by atoms with Crippen LogP contribution in [0.3, 0.4) is 0 Å². The van der Waals surface area contributed by atoms with Crippen LogP contribution in [0.2, 0.25) is 0 Å². The van der Waals surface area contributed by atoms with E-state index in [4.69, 9.17) is 4.74 Å². The molecule has 0 aromatic heterocycles.